The molecule has 19 heteroatoms. The SMILES string of the molecule is CC/C=C\CC(O)/C=C/C=C/C/C=C\C/C=C\C/C=C\CCC(=O)OC[C@H](COP(=O)(O)O[C@H]1C(O)C(O)C(O)[C@@H](OP(=O)(O)O)C1O)OC(=O)CCC/C=C\C/C=C\C/C=C\CCCCCCCC. The molecule has 1 fully saturated rings. The Hall–Kier alpha value is -3.38. The number of esters is 2. The van der Waals surface area contributed by atoms with Gasteiger partial charge in [-0.1, -0.05) is 155 Å². The molecular formula is C51H82O17P2. The number of phosphoric ester groups is 2. The number of hydrogen-bond donors (Lipinski definition) is 8. The number of rotatable bonds is 39. The van der Waals surface area contributed by atoms with Crippen molar-refractivity contribution >= 4 is 27.6 Å². The molecule has 17 nitrogen and oxygen atoms in total. The lowest BCUT2D eigenvalue weighted by Gasteiger charge is -2.43. The van der Waals surface area contributed by atoms with E-state index in [2.05, 4.69) is 35.8 Å². The van der Waals surface area contributed by atoms with Gasteiger partial charge in [0.25, 0.3) is 0 Å². The first-order valence-electron chi connectivity index (χ1n) is 24.5. The Morgan fingerprint density at radius 1 is 0.543 bits per heavy atom. The van der Waals surface area contributed by atoms with Crippen molar-refractivity contribution in [2.24, 2.45) is 0 Å². The van der Waals surface area contributed by atoms with E-state index in [1.54, 1.807) is 12.2 Å². The molecule has 1 rings (SSSR count). The molecule has 0 saturated heterocycles. The number of carbonyl (C=O) groups excluding carboxylic acids is 2. The fourth-order valence-electron chi connectivity index (χ4n) is 6.62. The maximum absolute atomic E-state index is 13.0. The van der Waals surface area contributed by atoms with E-state index in [0.717, 1.165) is 38.5 Å². The van der Waals surface area contributed by atoms with Crippen LogP contribution in [0.1, 0.15) is 136 Å². The van der Waals surface area contributed by atoms with Gasteiger partial charge in [-0.15, -0.1) is 0 Å². The second-order valence-electron chi connectivity index (χ2n) is 16.6. The molecule has 9 atom stereocenters. The average Bonchev–Trinajstić information content (AvgIpc) is 3.31. The Kier molecular flexibility index (Phi) is 37.1. The molecule has 1 aliphatic rings. The summed E-state index contributed by atoms with van der Waals surface area (Å²) in [4.78, 5) is 54.3. The lowest BCUT2D eigenvalue weighted by molar-refractivity contribution is -0.216. The summed E-state index contributed by atoms with van der Waals surface area (Å²) in [7, 11) is -10.7. The highest BCUT2D eigenvalue weighted by Crippen LogP contribution is 2.49. The molecule has 0 amide bonds. The van der Waals surface area contributed by atoms with Gasteiger partial charge in [-0.3, -0.25) is 23.2 Å². The van der Waals surface area contributed by atoms with Crippen molar-refractivity contribution < 1.29 is 82.0 Å². The van der Waals surface area contributed by atoms with Gasteiger partial charge in [0.1, 0.15) is 43.2 Å². The van der Waals surface area contributed by atoms with Crippen LogP contribution in [0.25, 0.3) is 0 Å². The summed E-state index contributed by atoms with van der Waals surface area (Å²) < 4.78 is 49.2. The van der Waals surface area contributed by atoms with E-state index in [0.29, 0.717) is 32.1 Å². The van der Waals surface area contributed by atoms with Crippen LogP contribution in [-0.4, -0.2) is 114 Å². The molecule has 6 unspecified atom stereocenters. The van der Waals surface area contributed by atoms with Gasteiger partial charge in [-0.05, 0) is 77.0 Å². The first kappa shape index (κ1) is 64.6. The fourth-order valence-corrected chi connectivity index (χ4v) is 8.16. The number of allylic oxidation sites excluding steroid dienone is 16. The monoisotopic (exact) mass is 1030 g/mol. The highest BCUT2D eigenvalue weighted by Gasteiger charge is 2.54. The topological polar surface area (TPSA) is 276 Å². The van der Waals surface area contributed by atoms with Crippen LogP contribution in [0.5, 0.6) is 0 Å². The van der Waals surface area contributed by atoms with Gasteiger partial charge in [0.2, 0.25) is 0 Å². The smallest absolute Gasteiger partial charge is 0.462 e. The van der Waals surface area contributed by atoms with Crippen LogP contribution in [0, 0.1) is 0 Å². The van der Waals surface area contributed by atoms with Crippen molar-refractivity contribution in [3.05, 3.63) is 109 Å². The predicted molar refractivity (Wildman–Crippen MR) is 270 cm³/mol. The third-order valence-corrected chi connectivity index (χ3v) is 11.9. The molecule has 0 aromatic rings. The van der Waals surface area contributed by atoms with Gasteiger partial charge in [-0.2, -0.15) is 0 Å². The minimum Gasteiger partial charge on any atom is -0.462 e. The second-order valence-corrected chi connectivity index (χ2v) is 19.2. The van der Waals surface area contributed by atoms with Crippen LogP contribution in [0.3, 0.4) is 0 Å². The average molecular weight is 1030 g/mol. The van der Waals surface area contributed by atoms with Crippen LogP contribution in [-0.2, 0) is 41.8 Å². The Bertz CT molecular complexity index is 1780. The van der Waals surface area contributed by atoms with Crippen molar-refractivity contribution in [3.63, 3.8) is 0 Å². The van der Waals surface area contributed by atoms with Gasteiger partial charge in [0.05, 0.1) is 12.7 Å². The summed E-state index contributed by atoms with van der Waals surface area (Å²) in [6.07, 6.45) is 35.3. The fraction of sp³-hybridized carbons (Fsp3) is 0.608. The molecule has 0 aliphatic heterocycles. The molecule has 8 N–H and O–H groups in total. The lowest BCUT2D eigenvalue weighted by Crippen LogP contribution is -2.64. The molecule has 1 saturated carbocycles. The van der Waals surface area contributed by atoms with E-state index in [4.69, 9.17) is 18.5 Å². The largest absolute Gasteiger partial charge is 0.472 e. The van der Waals surface area contributed by atoms with Gasteiger partial charge < -0.3 is 49.7 Å². The highest BCUT2D eigenvalue weighted by molar-refractivity contribution is 7.47. The first-order chi connectivity index (χ1) is 33.5. The second kappa shape index (κ2) is 40.1. The summed E-state index contributed by atoms with van der Waals surface area (Å²) in [6.45, 7) is 2.78. The normalized spacial score (nSPS) is 22.4. The maximum Gasteiger partial charge on any atom is 0.472 e. The number of carbonyl (C=O) groups is 2. The third-order valence-electron chi connectivity index (χ3n) is 10.4. The van der Waals surface area contributed by atoms with Gasteiger partial charge in [0.15, 0.2) is 6.10 Å². The molecule has 1 aliphatic carbocycles. The number of aliphatic hydroxyl groups is 5. The van der Waals surface area contributed by atoms with Crippen molar-refractivity contribution in [1.29, 1.82) is 0 Å². The van der Waals surface area contributed by atoms with Crippen LogP contribution in [0.15, 0.2) is 109 Å². The number of hydrogen-bond acceptors (Lipinski definition) is 14. The Morgan fingerprint density at radius 3 is 1.66 bits per heavy atom. The standard InChI is InChI=1S/C51H82O17P2/c1-3-5-7-8-9-10-11-12-13-14-15-18-22-25-28-31-35-39-45(54)66-43(41-65-70(62,63)68-51-48(57)46(55)47(56)50(49(51)58)67-69(59,60)61)40-64-44(53)38-34-30-27-24-21-19-16-17-20-23-26-29-33-37-42(52)36-32-6-4-2/h6,12-13,15,17-21,25-30,32-33,37,42-43,46-52,55-58H,3-5,7-11,14,16,22-24,31,34-36,38-41H2,1-2H3,(H,62,63)(H2,59,60,61)/b13-12-,18-15-,20-17-,21-19-,28-25-,29-26+,30-27-,32-6-,37-33+/t42?,43-,46?,47?,48?,49?,50-,51+/m1/s1. The zero-order valence-corrected chi connectivity index (χ0v) is 42.8. The molecule has 0 spiro atoms. The van der Waals surface area contributed by atoms with E-state index in [1.165, 1.54) is 38.5 Å². The predicted octanol–water partition coefficient (Wildman–Crippen LogP) is 8.70. The van der Waals surface area contributed by atoms with E-state index < -0.39 is 89.6 Å². The molecular weight excluding hydrogens is 946 g/mol. The highest BCUT2D eigenvalue weighted by atomic mass is 31.2. The van der Waals surface area contributed by atoms with Crippen LogP contribution in [0.2, 0.25) is 0 Å². The van der Waals surface area contributed by atoms with E-state index in [9.17, 15) is 58.9 Å². The van der Waals surface area contributed by atoms with Crippen molar-refractivity contribution in [2.45, 2.75) is 185 Å². The van der Waals surface area contributed by atoms with Crippen molar-refractivity contribution in [3.8, 4) is 0 Å². The van der Waals surface area contributed by atoms with Crippen molar-refractivity contribution in [2.75, 3.05) is 13.2 Å². The Balaban J connectivity index is 2.68. The Morgan fingerprint density at radius 2 is 1.07 bits per heavy atom. The zero-order valence-electron chi connectivity index (χ0n) is 41.0. The number of phosphoric acid groups is 2. The molecule has 0 bridgehead atoms. The van der Waals surface area contributed by atoms with E-state index >= 15 is 0 Å². The van der Waals surface area contributed by atoms with E-state index in [-0.39, 0.29) is 12.8 Å². The molecule has 0 radical (unpaired) electrons. The van der Waals surface area contributed by atoms with Gasteiger partial charge in [-0.25, -0.2) is 9.13 Å². The summed E-state index contributed by atoms with van der Waals surface area (Å²) in [5, 5.41) is 51.1. The number of unbranched alkanes of at least 4 members (excludes halogenated alkanes) is 7. The zero-order chi connectivity index (χ0) is 51.9. The summed E-state index contributed by atoms with van der Waals surface area (Å²) >= 11 is 0. The lowest BCUT2D eigenvalue weighted by atomic mass is 9.85. The van der Waals surface area contributed by atoms with Crippen LogP contribution in [0.4, 0.5) is 0 Å². The van der Waals surface area contributed by atoms with Gasteiger partial charge in [0, 0.05) is 12.8 Å². The molecule has 398 valence electrons. The summed E-state index contributed by atoms with van der Waals surface area (Å²) in [5.41, 5.74) is 0. The first-order valence-corrected chi connectivity index (χ1v) is 27.6. The maximum atomic E-state index is 13.0. The summed E-state index contributed by atoms with van der Waals surface area (Å²) in [5.74, 6) is -1.40. The summed E-state index contributed by atoms with van der Waals surface area (Å²) in [6, 6.07) is 0. The van der Waals surface area contributed by atoms with Crippen LogP contribution >= 0.6 is 15.6 Å². The van der Waals surface area contributed by atoms with Gasteiger partial charge >= 0.3 is 27.6 Å². The Labute approximate surface area is 415 Å². The molecule has 70 heavy (non-hydrogen) atoms. The quantitative estimate of drug-likeness (QED) is 0.00940. The van der Waals surface area contributed by atoms with Crippen molar-refractivity contribution in [1.82, 2.24) is 0 Å². The molecule has 0 heterocycles. The number of aliphatic hydroxyl groups excluding tert-OH is 5. The molecule has 0 aromatic carbocycles. The van der Waals surface area contributed by atoms with E-state index in [1.807, 2.05) is 79.8 Å². The number of ether oxygens (including phenoxy) is 2. The minimum absolute atomic E-state index is 0.0371. The third kappa shape index (κ3) is 34.1. The minimum atomic E-state index is -5.39. The molecule has 0 aromatic heterocycles. The van der Waals surface area contributed by atoms with Crippen LogP contribution < -0.4 is 0 Å².